The molecule has 0 radical (unpaired) electrons. The van der Waals surface area contributed by atoms with Gasteiger partial charge >= 0.3 is 0 Å². The van der Waals surface area contributed by atoms with Gasteiger partial charge in [0.05, 0.1) is 14.2 Å². The molecule has 3 rings (SSSR count). The van der Waals surface area contributed by atoms with Crippen molar-refractivity contribution in [3.8, 4) is 17.4 Å². The van der Waals surface area contributed by atoms with Crippen LogP contribution in [0.3, 0.4) is 0 Å². The zero-order valence-electron chi connectivity index (χ0n) is 12.4. The molecule has 0 N–H and O–H groups in total. The third kappa shape index (κ3) is 2.08. The van der Waals surface area contributed by atoms with E-state index in [1.54, 1.807) is 14.2 Å². The molecule has 0 atom stereocenters. The number of fused-ring (bicyclic) bond motifs is 1. The van der Waals surface area contributed by atoms with Gasteiger partial charge in [-0.25, -0.2) is 0 Å². The van der Waals surface area contributed by atoms with E-state index in [-0.39, 0.29) is 0 Å². The molecule has 0 aliphatic carbocycles. The maximum Gasteiger partial charge on any atom is 0.255 e. The highest BCUT2D eigenvalue weighted by atomic mass is 16.5. The molecule has 2 aromatic heterocycles. The number of nitrogens with zero attached hydrogens (tertiary/aromatic N) is 4. The van der Waals surface area contributed by atoms with Gasteiger partial charge in [0.25, 0.3) is 5.95 Å². The fraction of sp³-hybridized carbons (Fsp3) is 0.267. The van der Waals surface area contributed by atoms with E-state index in [4.69, 9.17) is 9.47 Å². The lowest BCUT2D eigenvalue weighted by Crippen LogP contribution is -2.39. The highest BCUT2D eigenvalue weighted by Gasteiger charge is 2.13. The Morgan fingerprint density at radius 1 is 1.05 bits per heavy atom. The monoisotopic (exact) mass is 284 g/mol. The molecule has 0 saturated carbocycles. The van der Waals surface area contributed by atoms with Gasteiger partial charge in [0, 0.05) is 16.8 Å². The molecule has 1 aromatic carbocycles. The summed E-state index contributed by atoms with van der Waals surface area (Å²) < 4.78 is 12.7. The molecule has 21 heavy (non-hydrogen) atoms. The van der Waals surface area contributed by atoms with Gasteiger partial charge in [-0.05, 0) is 37.4 Å². The Labute approximate surface area is 122 Å². The smallest absolute Gasteiger partial charge is 0.255 e. The van der Waals surface area contributed by atoms with Gasteiger partial charge in [0.1, 0.15) is 6.33 Å². The highest BCUT2D eigenvalue weighted by Crippen LogP contribution is 2.33. The third-order valence-corrected chi connectivity index (χ3v) is 3.57. The molecule has 0 fully saturated rings. The van der Waals surface area contributed by atoms with Crippen molar-refractivity contribution in [3.63, 3.8) is 0 Å². The van der Waals surface area contributed by atoms with Crippen LogP contribution in [-0.4, -0.2) is 24.4 Å². The van der Waals surface area contributed by atoms with Crippen molar-refractivity contribution in [2.24, 2.45) is 0 Å². The Kier molecular flexibility index (Phi) is 3.21. The van der Waals surface area contributed by atoms with Crippen molar-refractivity contribution >= 4 is 10.8 Å². The fourth-order valence-corrected chi connectivity index (χ4v) is 2.59. The first-order valence-corrected chi connectivity index (χ1v) is 6.54. The van der Waals surface area contributed by atoms with E-state index in [2.05, 4.69) is 21.2 Å². The molecule has 0 saturated heterocycles. The minimum Gasteiger partial charge on any atom is -0.493 e. The van der Waals surface area contributed by atoms with Gasteiger partial charge in [0.15, 0.2) is 11.5 Å². The molecule has 6 nitrogen and oxygen atoms in total. The first-order valence-electron chi connectivity index (χ1n) is 6.54. The summed E-state index contributed by atoms with van der Waals surface area (Å²) in [4.78, 5) is 4.18. The van der Waals surface area contributed by atoms with E-state index in [0.717, 1.165) is 22.2 Å². The van der Waals surface area contributed by atoms with E-state index in [9.17, 15) is 0 Å². The normalized spacial score (nSPS) is 10.9. The van der Waals surface area contributed by atoms with E-state index < -0.39 is 0 Å². The Balaban J connectivity index is 2.34. The number of ether oxygens (including phenoxy) is 2. The van der Waals surface area contributed by atoms with E-state index in [0.29, 0.717) is 17.4 Å². The second kappa shape index (κ2) is 5.05. The van der Waals surface area contributed by atoms with Crippen LogP contribution < -0.4 is 19.0 Å². The van der Waals surface area contributed by atoms with Crippen molar-refractivity contribution in [2.45, 2.75) is 13.8 Å². The van der Waals surface area contributed by atoms with Gasteiger partial charge in [-0.1, -0.05) is 0 Å². The van der Waals surface area contributed by atoms with Crippen LogP contribution in [0.4, 0.5) is 0 Å². The summed E-state index contributed by atoms with van der Waals surface area (Å²) in [6.07, 6.45) is 1.44. The number of aryl methyl sites for hydroxylation is 2. The molecule has 0 unspecified atom stereocenters. The lowest BCUT2D eigenvalue weighted by atomic mass is 10.1. The Hall–Kier alpha value is -2.63. The van der Waals surface area contributed by atoms with Crippen LogP contribution in [0.25, 0.3) is 16.7 Å². The van der Waals surface area contributed by atoms with Gasteiger partial charge in [0.2, 0.25) is 0 Å². The van der Waals surface area contributed by atoms with E-state index in [1.807, 2.05) is 30.5 Å². The third-order valence-electron chi connectivity index (χ3n) is 3.57. The Morgan fingerprint density at radius 3 is 2.38 bits per heavy atom. The maximum atomic E-state index is 5.38. The minimum absolute atomic E-state index is 0.571. The summed E-state index contributed by atoms with van der Waals surface area (Å²) >= 11 is 0. The van der Waals surface area contributed by atoms with Crippen LogP contribution >= 0.6 is 0 Å². The topological polar surface area (TPSA) is 62.2 Å². The molecule has 108 valence electrons. The molecular weight excluding hydrogens is 268 g/mol. The Bertz CT molecular complexity index is 797. The number of benzene rings is 1. The van der Waals surface area contributed by atoms with Crippen molar-refractivity contribution in [1.82, 2.24) is 15.2 Å². The SMILES string of the molecule is COc1cc2cc(C)[n+](-c3nnc[n-]3)c(C)c2cc1OC. The number of aromatic nitrogens is 4. The summed E-state index contributed by atoms with van der Waals surface area (Å²) in [5.41, 5.74) is 2.05. The standard InChI is InChI=1S/C15H16N4O2/c1-9-5-11-6-13(20-3)14(21-4)7-12(11)10(2)19(9)15-16-8-17-18-15/h5-8H,1-4H3. The van der Waals surface area contributed by atoms with Gasteiger partial charge in [-0.2, -0.15) is 4.98 Å². The summed E-state index contributed by atoms with van der Waals surface area (Å²) in [5.74, 6) is 1.99. The lowest BCUT2D eigenvalue weighted by molar-refractivity contribution is -0.615. The molecule has 3 aromatic rings. The van der Waals surface area contributed by atoms with Crippen molar-refractivity contribution in [2.75, 3.05) is 14.2 Å². The van der Waals surface area contributed by atoms with Crippen molar-refractivity contribution in [1.29, 1.82) is 0 Å². The van der Waals surface area contributed by atoms with Crippen LogP contribution in [0.5, 0.6) is 11.5 Å². The Morgan fingerprint density at radius 2 is 1.76 bits per heavy atom. The molecule has 2 heterocycles. The minimum atomic E-state index is 0.571. The quantitative estimate of drug-likeness (QED) is 0.682. The first kappa shape index (κ1) is 13.4. The zero-order valence-corrected chi connectivity index (χ0v) is 12.4. The van der Waals surface area contributed by atoms with Crippen LogP contribution in [0.1, 0.15) is 11.4 Å². The lowest BCUT2D eigenvalue weighted by Gasteiger charge is -2.16. The first-order chi connectivity index (χ1) is 10.2. The summed E-state index contributed by atoms with van der Waals surface area (Å²) in [6, 6.07) is 6.01. The molecule has 0 aliphatic rings. The molecular formula is C15H16N4O2. The largest absolute Gasteiger partial charge is 0.493 e. The summed E-state index contributed by atoms with van der Waals surface area (Å²) in [7, 11) is 3.27. The average Bonchev–Trinajstić information content (AvgIpc) is 3.00. The highest BCUT2D eigenvalue weighted by molar-refractivity contribution is 5.87. The summed E-state index contributed by atoms with van der Waals surface area (Å²) in [5, 5.41) is 9.97. The van der Waals surface area contributed by atoms with Crippen LogP contribution in [0, 0.1) is 13.8 Å². The maximum absolute atomic E-state index is 5.38. The van der Waals surface area contributed by atoms with Crippen LogP contribution in [-0.2, 0) is 0 Å². The van der Waals surface area contributed by atoms with Crippen molar-refractivity contribution < 1.29 is 14.0 Å². The molecule has 0 aliphatic heterocycles. The molecule has 6 heteroatoms. The second-order valence-electron chi connectivity index (χ2n) is 4.76. The molecule has 0 spiro atoms. The van der Waals surface area contributed by atoms with Crippen LogP contribution in [0.15, 0.2) is 24.5 Å². The predicted molar refractivity (Wildman–Crippen MR) is 77.0 cm³/mol. The second-order valence-corrected chi connectivity index (χ2v) is 4.76. The van der Waals surface area contributed by atoms with Gasteiger partial charge in [-0.3, -0.25) is 4.57 Å². The summed E-state index contributed by atoms with van der Waals surface area (Å²) in [6.45, 7) is 4.04. The number of hydrogen-bond acceptors (Lipinski definition) is 4. The van der Waals surface area contributed by atoms with E-state index >= 15 is 0 Å². The molecule has 0 amide bonds. The fourth-order valence-electron chi connectivity index (χ4n) is 2.59. The van der Waals surface area contributed by atoms with Gasteiger partial charge < -0.3 is 9.47 Å². The number of pyridine rings is 1. The van der Waals surface area contributed by atoms with Crippen LogP contribution in [0.2, 0.25) is 0 Å². The van der Waals surface area contributed by atoms with E-state index in [1.165, 1.54) is 6.33 Å². The number of methoxy groups -OCH3 is 2. The average molecular weight is 284 g/mol. The molecule has 0 bridgehead atoms. The number of rotatable bonds is 3. The predicted octanol–water partition coefficient (Wildman–Crippen LogP) is 1.50. The zero-order chi connectivity index (χ0) is 15.0. The van der Waals surface area contributed by atoms with Crippen molar-refractivity contribution in [3.05, 3.63) is 35.9 Å². The van der Waals surface area contributed by atoms with Gasteiger partial charge in [-0.15, -0.1) is 10.2 Å². The number of hydrogen-bond donors (Lipinski definition) is 0.